The van der Waals surface area contributed by atoms with Crippen molar-refractivity contribution < 1.29 is 9.50 Å². The summed E-state index contributed by atoms with van der Waals surface area (Å²) >= 11 is 0. The van der Waals surface area contributed by atoms with E-state index in [9.17, 15) is 9.50 Å². The molecule has 1 aromatic rings. The van der Waals surface area contributed by atoms with Crippen molar-refractivity contribution in [2.75, 3.05) is 24.5 Å². The second-order valence-corrected chi connectivity index (χ2v) is 6.44. The Labute approximate surface area is 126 Å². The second-order valence-electron chi connectivity index (χ2n) is 6.44. The highest BCUT2D eigenvalue weighted by Gasteiger charge is 2.42. The van der Waals surface area contributed by atoms with Crippen molar-refractivity contribution in [3.63, 3.8) is 0 Å². The maximum Gasteiger partial charge on any atom is 0.146 e. The van der Waals surface area contributed by atoms with Crippen LogP contribution in [0.2, 0.25) is 0 Å². The lowest BCUT2D eigenvalue weighted by Gasteiger charge is -2.21. The fourth-order valence-corrected chi connectivity index (χ4v) is 3.76. The molecule has 3 atom stereocenters. The van der Waals surface area contributed by atoms with Crippen molar-refractivity contribution in [3.05, 3.63) is 29.6 Å². The van der Waals surface area contributed by atoms with E-state index >= 15 is 0 Å². The molecule has 116 valence electrons. The van der Waals surface area contributed by atoms with Gasteiger partial charge in [-0.1, -0.05) is 13.0 Å². The number of hydrogen-bond donors (Lipinski definition) is 2. The van der Waals surface area contributed by atoms with Gasteiger partial charge in [-0.05, 0) is 49.4 Å². The van der Waals surface area contributed by atoms with Crippen molar-refractivity contribution in [2.24, 2.45) is 11.8 Å². The molecule has 4 heteroatoms. The Morgan fingerprint density at radius 3 is 2.90 bits per heavy atom. The van der Waals surface area contributed by atoms with E-state index in [1.165, 1.54) is 0 Å². The smallest absolute Gasteiger partial charge is 0.146 e. The van der Waals surface area contributed by atoms with Gasteiger partial charge in [-0.2, -0.15) is 0 Å². The van der Waals surface area contributed by atoms with Gasteiger partial charge >= 0.3 is 0 Å². The molecule has 1 aromatic carbocycles. The molecule has 2 N–H and O–H groups in total. The van der Waals surface area contributed by atoms with Gasteiger partial charge < -0.3 is 15.3 Å². The predicted molar refractivity (Wildman–Crippen MR) is 82.8 cm³/mol. The van der Waals surface area contributed by atoms with Crippen molar-refractivity contribution >= 4 is 5.69 Å². The van der Waals surface area contributed by atoms with E-state index < -0.39 is 0 Å². The molecule has 0 aromatic heterocycles. The van der Waals surface area contributed by atoms with Crippen molar-refractivity contribution in [1.29, 1.82) is 0 Å². The fourth-order valence-electron chi connectivity index (χ4n) is 3.76. The zero-order valence-electron chi connectivity index (χ0n) is 12.7. The normalized spacial score (nSPS) is 28.1. The number of halogens is 1. The molecular formula is C17H25FN2O. The van der Waals surface area contributed by atoms with E-state index in [1.54, 1.807) is 6.07 Å². The average molecular weight is 292 g/mol. The molecule has 0 bridgehead atoms. The summed E-state index contributed by atoms with van der Waals surface area (Å²) in [5.74, 6) is 0.723. The maximum atomic E-state index is 14.4. The molecule has 0 spiro atoms. The number of nitrogens with one attached hydrogen (secondary N) is 1. The minimum atomic E-state index is -0.194. The number of anilines is 1. The van der Waals surface area contributed by atoms with E-state index in [0.29, 0.717) is 17.5 Å². The Kier molecular flexibility index (Phi) is 4.45. The number of nitrogens with zero attached hydrogens (tertiary/aromatic N) is 1. The zero-order valence-corrected chi connectivity index (χ0v) is 12.7. The highest BCUT2D eigenvalue weighted by atomic mass is 19.1. The van der Waals surface area contributed by atoms with Gasteiger partial charge in [0.2, 0.25) is 0 Å². The van der Waals surface area contributed by atoms with Gasteiger partial charge in [0.05, 0.1) is 11.8 Å². The third kappa shape index (κ3) is 3.06. The Balaban J connectivity index is 1.66. The van der Waals surface area contributed by atoms with Crippen LogP contribution in [0.15, 0.2) is 18.2 Å². The van der Waals surface area contributed by atoms with Crippen LogP contribution >= 0.6 is 0 Å². The molecule has 3 rings (SSSR count). The molecule has 2 aliphatic rings. The molecule has 1 saturated carbocycles. The molecular weight excluding hydrogens is 267 g/mol. The maximum absolute atomic E-state index is 14.4. The summed E-state index contributed by atoms with van der Waals surface area (Å²) in [6.07, 6.45) is 2.87. The molecule has 1 saturated heterocycles. The Bertz CT molecular complexity index is 494. The van der Waals surface area contributed by atoms with Crippen molar-refractivity contribution in [2.45, 2.75) is 38.8 Å². The summed E-state index contributed by atoms with van der Waals surface area (Å²) in [6, 6.07) is 5.54. The van der Waals surface area contributed by atoms with E-state index in [0.717, 1.165) is 51.0 Å². The van der Waals surface area contributed by atoms with E-state index in [-0.39, 0.29) is 11.9 Å². The van der Waals surface area contributed by atoms with Gasteiger partial charge in [0.25, 0.3) is 0 Å². The summed E-state index contributed by atoms with van der Waals surface area (Å²) in [7, 11) is 0. The lowest BCUT2D eigenvalue weighted by Crippen LogP contribution is -2.25. The molecule has 3 nitrogen and oxygen atoms in total. The summed E-state index contributed by atoms with van der Waals surface area (Å²) in [6.45, 7) is 5.46. The molecule has 1 aliphatic heterocycles. The highest BCUT2D eigenvalue weighted by molar-refractivity contribution is 5.50. The van der Waals surface area contributed by atoms with Gasteiger partial charge in [0, 0.05) is 25.6 Å². The third-order valence-corrected chi connectivity index (χ3v) is 4.93. The molecule has 1 heterocycles. The van der Waals surface area contributed by atoms with Gasteiger partial charge in [0.1, 0.15) is 5.82 Å². The van der Waals surface area contributed by atoms with Gasteiger partial charge in [-0.15, -0.1) is 0 Å². The summed E-state index contributed by atoms with van der Waals surface area (Å²) < 4.78 is 14.4. The van der Waals surface area contributed by atoms with E-state index in [2.05, 4.69) is 17.1 Å². The summed E-state index contributed by atoms with van der Waals surface area (Å²) in [5.41, 5.74) is 1.68. The fraction of sp³-hybridized carbons (Fsp3) is 0.647. The summed E-state index contributed by atoms with van der Waals surface area (Å²) in [4.78, 5) is 2.11. The first-order chi connectivity index (χ1) is 10.2. The van der Waals surface area contributed by atoms with Crippen LogP contribution in [0, 0.1) is 17.7 Å². The highest BCUT2D eigenvalue weighted by Crippen LogP contribution is 2.40. The van der Waals surface area contributed by atoms with Crippen LogP contribution in [-0.2, 0) is 6.54 Å². The number of fused-ring (bicyclic) bond motifs is 1. The van der Waals surface area contributed by atoms with Gasteiger partial charge in [-0.3, -0.25) is 0 Å². The van der Waals surface area contributed by atoms with Crippen LogP contribution in [0.1, 0.15) is 31.7 Å². The minimum Gasteiger partial charge on any atom is -0.393 e. The van der Waals surface area contributed by atoms with Crippen molar-refractivity contribution in [3.8, 4) is 0 Å². The molecule has 21 heavy (non-hydrogen) atoms. The van der Waals surface area contributed by atoms with Crippen LogP contribution < -0.4 is 10.2 Å². The quantitative estimate of drug-likeness (QED) is 0.819. The SMILES string of the molecule is CCCNCc1ccc(N2CC3CCC(O)C3C2)c(F)c1. The average Bonchev–Trinajstić information content (AvgIpc) is 3.02. The van der Waals surface area contributed by atoms with Crippen molar-refractivity contribution in [1.82, 2.24) is 5.32 Å². The monoisotopic (exact) mass is 292 g/mol. The molecule has 1 aliphatic carbocycles. The first-order valence-electron chi connectivity index (χ1n) is 8.11. The minimum absolute atomic E-state index is 0.139. The zero-order chi connectivity index (χ0) is 14.8. The Hall–Kier alpha value is -1.13. The standard InChI is InChI=1S/C17H25FN2O/c1-2-7-19-9-12-3-5-16(15(18)8-12)20-10-13-4-6-17(21)14(13)11-20/h3,5,8,13-14,17,19,21H,2,4,6-7,9-11H2,1H3. The predicted octanol–water partition coefficient (Wildman–Crippen LogP) is 2.53. The van der Waals surface area contributed by atoms with Gasteiger partial charge in [-0.25, -0.2) is 4.39 Å². The first-order valence-corrected chi connectivity index (χ1v) is 8.11. The third-order valence-electron chi connectivity index (χ3n) is 4.93. The van der Waals surface area contributed by atoms with Crippen LogP contribution in [-0.4, -0.2) is 30.8 Å². The number of rotatable bonds is 5. The topological polar surface area (TPSA) is 35.5 Å². The molecule has 0 radical (unpaired) electrons. The van der Waals surface area contributed by atoms with Gasteiger partial charge in [0.15, 0.2) is 0 Å². The molecule has 2 fully saturated rings. The van der Waals surface area contributed by atoms with Crippen LogP contribution in [0.4, 0.5) is 10.1 Å². The molecule has 0 amide bonds. The number of hydrogen-bond acceptors (Lipinski definition) is 3. The molecule has 3 unspecified atom stereocenters. The lowest BCUT2D eigenvalue weighted by atomic mass is 10.00. The summed E-state index contributed by atoms with van der Waals surface area (Å²) in [5, 5.41) is 13.3. The second kappa shape index (κ2) is 6.32. The number of aliphatic hydroxyl groups excluding tert-OH is 1. The largest absolute Gasteiger partial charge is 0.393 e. The van der Waals surface area contributed by atoms with Crippen LogP contribution in [0.5, 0.6) is 0 Å². The van der Waals surface area contributed by atoms with Crippen LogP contribution in [0.3, 0.4) is 0 Å². The van der Waals surface area contributed by atoms with E-state index in [1.807, 2.05) is 12.1 Å². The Morgan fingerprint density at radius 1 is 1.33 bits per heavy atom. The lowest BCUT2D eigenvalue weighted by molar-refractivity contribution is 0.133. The van der Waals surface area contributed by atoms with Crippen LogP contribution in [0.25, 0.3) is 0 Å². The Morgan fingerprint density at radius 2 is 2.19 bits per heavy atom. The van der Waals surface area contributed by atoms with E-state index in [4.69, 9.17) is 0 Å². The first kappa shape index (κ1) is 14.8. The number of aliphatic hydroxyl groups is 1. The number of benzene rings is 1.